The second-order valence-electron chi connectivity index (χ2n) is 6.40. The standard InChI is InChI=1S/C18H18N4O6S/c19-17(23)13-10-12(29(24,25)22-7-1-2-8-22)5-6-14(13)27-11-16-20-21-18(28-16)15-4-3-9-26-15/h3-6,9-10H,1-2,7-8,11H2,(H2,19,23). The molecule has 1 aliphatic rings. The molecule has 1 saturated heterocycles. The number of nitrogens with zero attached hydrogens (tertiary/aromatic N) is 3. The molecule has 0 saturated carbocycles. The molecule has 2 N–H and O–H groups in total. The van der Waals surface area contributed by atoms with Crippen LogP contribution in [-0.2, 0) is 16.6 Å². The number of carbonyl (C=O) groups excluding carboxylic acids is 1. The summed E-state index contributed by atoms with van der Waals surface area (Å²) >= 11 is 0. The van der Waals surface area contributed by atoms with E-state index in [9.17, 15) is 13.2 Å². The zero-order valence-electron chi connectivity index (χ0n) is 15.3. The highest BCUT2D eigenvalue weighted by Crippen LogP contribution is 2.27. The minimum Gasteiger partial charge on any atom is -0.483 e. The summed E-state index contributed by atoms with van der Waals surface area (Å²) < 4.78 is 43.0. The fourth-order valence-corrected chi connectivity index (χ4v) is 4.56. The van der Waals surface area contributed by atoms with Crippen LogP contribution in [-0.4, -0.2) is 41.9 Å². The molecule has 1 aromatic carbocycles. The highest BCUT2D eigenvalue weighted by Gasteiger charge is 2.28. The molecule has 29 heavy (non-hydrogen) atoms. The Morgan fingerprint density at radius 2 is 2.00 bits per heavy atom. The van der Waals surface area contributed by atoms with Crippen LogP contribution in [0.2, 0.25) is 0 Å². The summed E-state index contributed by atoms with van der Waals surface area (Å²) in [6, 6.07) is 7.37. The van der Waals surface area contributed by atoms with E-state index in [4.69, 9.17) is 19.3 Å². The Kier molecular flexibility index (Phi) is 5.07. The largest absolute Gasteiger partial charge is 0.483 e. The number of carbonyl (C=O) groups is 1. The number of nitrogens with two attached hydrogens (primary N) is 1. The van der Waals surface area contributed by atoms with Gasteiger partial charge >= 0.3 is 0 Å². The van der Waals surface area contributed by atoms with Gasteiger partial charge in [-0.3, -0.25) is 4.79 Å². The zero-order valence-corrected chi connectivity index (χ0v) is 16.1. The van der Waals surface area contributed by atoms with Gasteiger partial charge in [-0.2, -0.15) is 4.31 Å². The Morgan fingerprint density at radius 1 is 1.21 bits per heavy atom. The molecule has 0 bridgehead atoms. The monoisotopic (exact) mass is 418 g/mol. The van der Waals surface area contributed by atoms with Crippen molar-refractivity contribution in [2.24, 2.45) is 5.73 Å². The van der Waals surface area contributed by atoms with Crippen molar-refractivity contribution in [1.29, 1.82) is 0 Å². The molecule has 0 radical (unpaired) electrons. The Hall–Kier alpha value is -3.18. The van der Waals surface area contributed by atoms with E-state index in [0.29, 0.717) is 18.8 Å². The lowest BCUT2D eigenvalue weighted by Crippen LogP contribution is -2.28. The average Bonchev–Trinajstić information content (AvgIpc) is 3.48. The maximum Gasteiger partial charge on any atom is 0.283 e. The van der Waals surface area contributed by atoms with Crippen molar-refractivity contribution in [3.8, 4) is 17.4 Å². The molecule has 0 unspecified atom stereocenters. The van der Waals surface area contributed by atoms with E-state index >= 15 is 0 Å². The van der Waals surface area contributed by atoms with Gasteiger partial charge in [0.15, 0.2) is 12.4 Å². The second kappa shape index (κ2) is 7.68. The van der Waals surface area contributed by atoms with Crippen molar-refractivity contribution in [2.75, 3.05) is 13.1 Å². The molecule has 0 atom stereocenters. The maximum absolute atomic E-state index is 12.7. The Labute approximate surface area is 166 Å². The fraction of sp³-hybridized carbons (Fsp3) is 0.278. The Morgan fingerprint density at radius 3 is 2.69 bits per heavy atom. The van der Waals surface area contributed by atoms with E-state index in [-0.39, 0.29) is 34.6 Å². The molecule has 1 fully saturated rings. The molecule has 11 heteroatoms. The van der Waals surface area contributed by atoms with E-state index in [1.807, 2.05) is 0 Å². The van der Waals surface area contributed by atoms with Crippen LogP contribution < -0.4 is 10.5 Å². The number of amides is 1. The smallest absolute Gasteiger partial charge is 0.283 e. The minimum absolute atomic E-state index is 0.00144. The van der Waals surface area contributed by atoms with Crippen molar-refractivity contribution >= 4 is 15.9 Å². The van der Waals surface area contributed by atoms with Crippen molar-refractivity contribution in [3.63, 3.8) is 0 Å². The topological polar surface area (TPSA) is 142 Å². The predicted octanol–water partition coefficient (Wildman–Crippen LogP) is 1.79. The first-order valence-corrected chi connectivity index (χ1v) is 10.3. The summed E-state index contributed by atoms with van der Waals surface area (Å²) in [6.07, 6.45) is 3.10. The molecule has 3 heterocycles. The molecular weight excluding hydrogens is 400 g/mol. The molecule has 0 aliphatic carbocycles. The second-order valence-corrected chi connectivity index (χ2v) is 8.34. The lowest BCUT2D eigenvalue weighted by atomic mass is 10.2. The van der Waals surface area contributed by atoms with Gasteiger partial charge in [0.2, 0.25) is 10.0 Å². The first-order valence-electron chi connectivity index (χ1n) is 8.88. The van der Waals surface area contributed by atoms with Gasteiger partial charge in [-0.15, -0.1) is 10.2 Å². The molecule has 0 spiro atoms. The molecule has 1 aliphatic heterocycles. The molecule has 4 rings (SSSR count). The third-order valence-electron chi connectivity index (χ3n) is 4.47. The van der Waals surface area contributed by atoms with Crippen molar-refractivity contribution in [1.82, 2.24) is 14.5 Å². The van der Waals surface area contributed by atoms with E-state index in [2.05, 4.69) is 10.2 Å². The molecule has 152 valence electrons. The fourth-order valence-electron chi connectivity index (χ4n) is 3.02. The summed E-state index contributed by atoms with van der Waals surface area (Å²) in [5.41, 5.74) is 5.38. The zero-order chi connectivity index (χ0) is 20.4. The predicted molar refractivity (Wildman–Crippen MR) is 99.3 cm³/mol. The van der Waals surface area contributed by atoms with Crippen molar-refractivity contribution in [2.45, 2.75) is 24.3 Å². The summed E-state index contributed by atoms with van der Waals surface area (Å²) in [7, 11) is -3.68. The highest BCUT2D eigenvalue weighted by molar-refractivity contribution is 7.89. The minimum atomic E-state index is -3.68. The van der Waals surface area contributed by atoms with Crippen LogP contribution in [0.3, 0.4) is 0 Å². The van der Waals surface area contributed by atoms with Crippen LogP contribution in [0.4, 0.5) is 0 Å². The van der Waals surface area contributed by atoms with E-state index in [1.165, 1.54) is 28.8 Å². The molecule has 1 amide bonds. The van der Waals surface area contributed by atoms with Gasteiger partial charge in [0.05, 0.1) is 16.7 Å². The number of ether oxygens (including phenoxy) is 1. The van der Waals surface area contributed by atoms with Crippen LogP contribution in [0.15, 0.2) is 50.3 Å². The number of primary amides is 1. The van der Waals surface area contributed by atoms with Crippen LogP contribution >= 0.6 is 0 Å². The third-order valence-corrected chi connectivity index (χ3v) is 6.36. The van der Waals surface area contributed by atoms with Crippen LogP contribution in [0.1, 0.15) is 29.1 Å². The number of hydrogen-bond acceptors (Lipinski definition) is 8. The Balaban J connectivity index is 1.54. The first-order chi connectivity index (χ1) is 13.9. The van der Waals surface area contributed by atoms with Gasteiger partial charge in [-0.25, -0.2) is 8.42 Å². The van der Waals surface area contributed by atoms with Gasteiger partial charge in [-0.05, 0) is 43.2 Å². The maximum atomic E-state index is 12.7. The first kappa shape index (κ1) is 19.2. The number of sulfonamides is 1. The van der Waals surface area contributed by atoms with Gasteiger partial charge in [-0.1, -0.05) is 0 Å². The van der Waals surface area contributed by atoms with Crippen molar-refractivity contribution < 1.29 is 26.8 Å². The number of furan rings is 1. The summed E-state index contributed by atoms with van der Waals surface area (Å²) in [5, 5.41) is 7.70. The van der Waals surface area contributed by atoms with E-state index < -0.39 is 15.9 Å². The summed E-state index contributed by atoms with van der Waals surface area (Å²) in [4.78, 5) is 11.9. The quantitative estimate of drug-likeness (QED) is 0.612. The SMILES string of the molecule is NC(=O)c1cc(S(=O)(=O)N2CCCC2)ccc1OCc1nnc(-c2ccco2)o1. The molecule has 2 aromatic heterocycles. The van der Waals surface area contributed by atoms with Gasteiger partial charge in [0, 0.05) is 13.1 Å². The number of rotatable bonds is 7. The summed E-state index contributed by atoms with van der Waals surface area (Å²) in [5.74, 6) is 0.0744. The van der Waals surface area contributed by atoms with Gasteiger partial charge < -0.3 is 19.3 Å². The average molecular weight is 418 g/mol. The van der Waals surface area contributed by atoms with Gasteiger partial charge in [0.25, 0.3) is 17.7 Å². The highest BCUT2D eigenvalue weighted by atomic mass is 32.2. The van der Waals surface area contributed by atoms with Crippen LogP contribution in [0, 0.1) is 0 Å². The lowest BCUT2D eigenvalue weighted by molar-refractivity contribution is 0.0995. The number of hydrogen-bond donors (Lipinski definition) is 1. The van der Waals surface area contributed by atoms with Crippen molar-refractivity contribution in [3.05, 3.63) is 48.0 Å². The third kappa shape index (κ3) is 3.87. The molecule has 3 aromatic rings. The number of benzene rings is 1. The molecular formula is C18H18N4O6S. The van der Waals surface area contributed by atoms with Crippen LogP contribution in [0.5, 0.6) is 5.75 Å². The van der Waals surface area contributed by atoms with Gasteiger partial charge in [0.1, 0.15) is 5.75 Å². The lowest BCUT2D eigenvalue weighted by Gasteiger charge is -2.16. The van der Waals surface area contributed by atoms with E-state index in [1.54, 1.807) is 12.1 Å². The summed E-state index contributed by atoms with van der Waals surface area (Å²) in [6.45, 7) is 0.787. The molecule has 10 nitrogen and oxygen atoms in total. The van der Waals surface area contributed by atoms with E-state index in [0.717, 1.165) is 12.8 Å². The Bertz CT molecular complexity index is 1120. The number of aromatic nitrogens is 2. The normalized spacial score (nSPS) is 14.9. The van der Waals surface area contributed by atoms with Crippen LogP contribution in [0.25, 0.3) is 11.7 Å².